The molecule has 0 saturated heterocycles. The van der Waals surface area contributed by atoms with Gasteiger partial charge in [-0.1, -0.05) is 73.2 Å². The normalized spacial score (nSPS) is 15.8. The molecule has 27 heavy (non-hydrogen) atoms. The number of halogens is 1. The average molecular weight is 357 g/mol. The summed E-state index contributed by atoms with van der Waals surface area (Å²) in [7, 11) is 0. The Hall–Kier alpha value is -2.41. The molecule has 0 aromatic heterocycles. The Morgan fingerprint density at radius 3 is 1.89 bits per heavy atom. The second kappa shape index (κ2) is 7.68. The summed E-state index contributed by atoms with van der Waals surface area (Å²) < 4.78 is 14.8. The SMILES string of the molecule is Cc1ccc(-c2ccc(-c3ccc([C]4CCC(C)CC4)cc3)c(F)c2)cc1. The summed E-state index contributed by atoms with van der Waals surface area (Å²) in [6.07, 6.45) is 4.96. The summed E-state index contributed by atoms with van der Waals surface area (Å²) in [6.45, 7) is 4.40. The molecule has 0 aliphatic heterocycles. The molecule has 0 spiro atoms. The van der Waals surface area contributed by atoms with Crippen molar-refractivity contribution < 1.29 is 4.39 Å². The van der Waals surface area contributed by atoms with Gasteiger partial charge in [-0.3, -0.25) is 0 Å². The van der Waals surface area contributed by atoms with Crippen LogP contribution in [0.25, 0.3) is 22.3 Å². The third kappa shape index (κ3) is 3.98. The van der Waals surface area contributed by atoms with E-state index in [4.69, 9.17) is 0 Å². The van der Waals surface area contributed by atoms with Crippen LogP contribution in [0, 0.1) is 24.6 Å². The van der Waals surface area contributed by atoms with Gasteiger partial charge < -0.3 is 0 Å². The molecule has 3 aromatic rings. The molecule has 1 saturated carbocycles. The van der Waals surface area contributed by atoms with E-state index in [1.54, 1.807) is 12.0 Å². The molecule has 1 fully saturated rings. The van der Waals surface area contributed by atoms with Gasteiger partial charge in [0, 0.05) is 11.5 Å². The summed E-state index contributed by atoms with van der Waals surface area (Å²) in [6, 6.07) is 22.2. The maximum absolute atomic E-state index is 14.8. The van der Waals surface area contributed by atoms with Crippen LogP contribution in [0.5, 0.6) is 0 Å². The van der Waals surface area contributed by atoms with Gasteiger partial charge >= 0.3 is 0 Å². The Bertz CT molecular complexity index is 898. The van der Waals surface area contributed by atoms with Gasteiger partial charge in [0.2, 0.25) is 0 Å². The van der Waals surface area contributed by atoms with E-state index in [0.29, 0.717) is 5.56 Å². The van der Waals surface area contributed by atoms with Crippen molar-refractivity contribution in [3.05, 3.63) is 89.6 Å². The predicted molar refractivity (Wildman–Crippen MR) is 112 cm³/mol. The first kappa shape index (κ1) is 18.0. The minimum absolute atomic E-state index is 0.167. The zero-order valence-electron chi connectivity index (χ0n) is 16.1. The highest BCUT2D eigenvalue weighted by Gasteiger charge is 2.20. The zero-order chi connectivity index (χ0) is 18.8. The third-order valence-corrected chi connectivity index (χ3v) is 5.84. The van der Waals surface area contributed by atoms with Crippen molar-refractivity contribution in [3.63, 3.8) is 0 Å². The molecule has 4 rings (SSSR count). The summed E-state index contributed by atoms with van der Waals surface area (Å²) in [5.74, 6) is 2.23. The second-order valence-corrected chi connectivity index (χ2v) is 7.92. The predicted octanol–water partition coefficient (Wildman–Crippen LogP) is 7.60. The molecule has 0 heterocycles. The van der Waals surface area contributed by atoms with Gasteiger partial charge in [-0.2, -0.15) is 0 Å². The lowest BCUT2D eigenvalue weighted by atomic mass is 9.79. The molecule has 0 nitrogen and oxygen atoms in total. The molecule has 3 aromatic carbocycles. The van der Waals surface area contributed by atoms with Crippen molar-refractivity contribution in [3.8, 4) is 22.3 Å². The first-order valence-electron chi connectivity index (χ1n) is 9.92. The van der Waals surface area contributed by atoms with Crippen molar-refractivity contribution in [2.45, 2.75) is 39.5 Å². The Balaban J connectivity index is 1.55. The fourth-order valence-electron chi connectivity index (χ4n) is 3.96. The van der Waals surface area contributed by atoms with E-state index in [0.717, 1.165) is 22.6 Å². The van der Waals surface area contributed by atoms with Gasteiger partial charge in [0.1, 0.15) is 5.82 Å². The summed E-state index contributed by atoms with van der Waals surface area (Å²) in [4.78, 5) is 0. The topological polar surface area (TPSA) is 0 Å². The maximum atomic E-state index is 14.8. The van der Waals surface area contributed by atoms with Gasteiger partial charge in [0.05, 0.1) is 0 Å². The molecule has 1 heteroatoms. The highest BCUT2D eigenvalue weighted by Crippen LogP contribution is 2.36. The largest absolute Gasteiger partial charge is 0.206 e. The van der Waals surface area contributed by atoms with Gasteiger partial charge in [-0.05, 0) is 66.8 Å². The Morgan fingerprint density at radius 2 is 1.26 bits per heavy atom. The van der Waals surface area contributed by atoms with Crippen LogP contribution < -0.4 is 0 Å². The van der Waals surface area contributed by atoms with E-state index in [9.17, 15) is 4.39 Å². The van der Waals surface area contributed by atoms with Gasteiger partial charge in [-0.15, -0.1) is 0 Å². The van der Waals surface area contributed by atoms with Crippen LogP contribution in [-0.2, 0) is 0 Å². The molecule has 137 valence electrons. The van der Waals surface area contributed by atoms with Crippen LogP contribution in [-0.4, -0.2) is 0 Å². The van der Waals surface area contributed by atoms with Gasteiger partial charge in [0.15, 0.2) is 0 Å². The fourth-order valence-corrected chi connectivity index (χ4v) is 3.96. The number of hydrogen-bond acceptors (Lipinski definition) is 0. The molecule has 1 radical (unpaired) electrons. The molecule has 0 unspecified atom stereocenters. The molecule has 0 N–H and O–H groups in total. The van der Waals surface area contributed by atoms with Gasteiger partial charge in [-0.25, -0.2) is 4.39 Å². The number of aryl methyl sites for hydroxylation is 1. The lowest BCUT2D eigenvalue weighted by Crippen LogP contribution is -2.11. The van der Waals surface area contributed by atoms with E-state index < -0.39 is 0 Å². The standard InChI is InChI=1S/C26H26F/c1-18-3-7-20(8-4-18)21-11-13-23(14-12-21)25-16-15-24(17-26(25)27)22-9-5-19(2)6-10-22/h5-6,9-18H,3-4,7-8H2,1-2H3. The van der Waals surface area contributed by atoms with Crippen LogP contribution in [0.2, 0.25) is 0 Å². The Kier molecular flexibility index (Phi) is 5.11. The lowest BCUT2D eigenvalue weighted by molar-refractivity contribution is 0.416. The zero-order valence-corrected chi connectivity index (χ0v) is 16.1. The number of rotatable bonds is 3. The summed E-state index contributed by atoms with van der Waals surface area (Å²) in [5, 5.41) is 0. The molecular weight excluding hydrogens is 331 g/mol. The molecule has 1 aliphatic carbocycles. The minimum atomic E-state index is -0.167. The van der Waals surface area contributed by atoms with Crippen molar-refractivity contribution in [1.82, 2.24) is 0 Å². The summed E-state index contributed by atoms with van der Waals surface area (Å²) in [5.41, 5.74) is 6.10. The van der Waals surface area contributed by atoms with E-state index in [1.165, 1.54) is 36.8 Å². The third-order valence-electron chi connectivity index (χ3n) is 5.84. The minimum Gasteiger partial charge on any atom is -0.206 e. The number of hydrogen-bond donors (Lipinski definition) is 0. The van der Waals surface area contributed by atoms with Crippen molar-refractivity contribution >= 4 is 0 Å². The summed E-state index contributed by atoms with van der Waals surface area (Å²) >= 11 is 0. The quantitative estimate of drug-likeness (QED) is 0.452. The average Bonchev–Trinajstić information content (AvgIpc) is 2.69. The van der Waals surface area contributed by atoms with E-state index in [-0.39, 0.29) is 5.82 Å². The molecule has 0 bridgehead atoms. The smallest absolute Gasteiger partial charge is 0.131 e. The van der Waals surface area contributed by atoms with E-state index in [1.807, 2.05) is 24.3 Å². The Labute approximate surface area is 162 Å². The van der Waals surface area contributed by atoms with Crippen LogP contribution in [0.15, 0.2) is 66.7 Å². The highest BCUT2D eigenvalue weighted by molar-refractivity contribution is 5.71. The first-order valence-corrected chi connectivity index (χ1v) is 9.92. The lowest BCUT2D eigenvalue weighted by Gasteiger charge is -2.26. The monoisotopic (exact) mass is 357 g/mol. The number of benzene rings is 3. The molecule has 0 atom stereocenters. The Morgan fingerprint density at radius 1 is 0.704 bits per heavy atom. The maximum Gasteiger partial charge on any atom is 0.131 e. The second-order valence-electron chi connectivity index (χ2n) is 7.92. The van der Waals surface area contributed by atoms with Crippen molar-refractivity contribution in [2.24, 2.45) is 5.92 Å². The van der Waals surface area contributed by atoms with Crippen LogP contribution in [0.1, 0.15) is 43.7 Å². The van der Waals surface area contributed by atoms with E-state index >= 15 is 0 Å². The van der Waals surface area contributed by atoms with Crippen LogP contribution in [0.3, 0.4) is 0 Å². The van der Waals surface area contributed by atoms with Gasteiger partial charge in [0.25, 0.3) is 0 Å². The van der Waals surface area contributed by atoms with E-state index in [2.05, 4.69) is 50.2 Å². The molecular formula is C26H26F. The first-order chi connectivity index (χ1) is 13.1. The fraction of sp³-hybridized carbons (Fsp3) is 0.269. The van der Waals surface area contributed by atoms with Crippen LogP contribution >= 0.6 is 0 Å². The van der Waals surface area contributed by atoms with Crippen molar-refractivity contribution in [2.75, 3.05) is 0 Å². The molecule has 0 amide bonds. The van der Waals surface area contributed by atoms with Crippen LogP contribution in [0.4, 0.5) is 4.39 Å². The molecule has 1 aliphatic rings. The van der Waals surface area contributed by atoms with Crippen molar-refractivity contribution in [1.29, 1.82) is 0 Å². The highest BCUT2D eigenvalue weighted by atomic mass is 19.1.